The molecule has 0 bridgehead atoms. The van der Waals surface area contributed by atoms with Gasteiger partial charge < -0.3 is 5.32 Å². The molecule has 0 aliphatic rings. The van der Waals surface area contributed by atoms with E-state index in [1.165, 1.54) is 6.07 Å². The van der Waals surface area contributed by atoms with Crippen LogP contribution in [0.2, 0.25) is 5.02 Å². The van der Waals surface area contributed by atoms with Crippen molar-refractivity contribution in [3.8, 4) is 0 Å². The van der Waals surface area contributed by atoms with Crippen LogP contribution in [-0.2, 0) is 0 Å². The molecular formula is C14H12ClIN2O2. The molecule has 0 aliphatic carbocycles. The van der Waals surface area contributed by atoms with Crippen molar-refractivity contribution in [1.82, 2.24) is 5.48 Å². The monoisotopic (exact) mass is 402 g/mol. The van der Waals surface area contributed by atoms with Gasteiger partial charge in [-0.15, -0.1) is 0 Å². The third-order valence-electron chi connectivity index (χ3n) is 2.79. The van der Waals surface area contributed by atoms with Gasteiger partial charge in [-0.25, -0.2) is 5.48 Å². The molecule has 4 nitrogen and oxygen atoms in total. The molecule has 0 aromatic heterocycles. The Hall–Kier alpha value is -1.31. The van der Waals surface area contributed by atoms with E-state index in [2.05, 4.69) is 27.9 Å². The quantitative estimate of drug-likeness (QED) is 0.411. The zero-order chi connectivity index (χ0) is 14.7. The highest BCUT2D eigenvalue weighted by atomic mass is 127. The average molecular weight is 403 g/mol. The van der Waals surface area contributed by atoms with E-state index in [1.54, 1.807) is 17.6 Å². The number of hydrogen-bond acceptors (Lipinski definition) is 3. The normalized spacial score (nSPS) is 10.2. The number of aryl methyl sites for hydroxylation is 1. The summed E-state index contributed by atoms with van der Waals surface area (Å²) in [6.07, 6.45) is 0. The summed E-state index contributed by atoms with van der Waals surface area (Å²) >= 11 is 8.12. The summed E-state index contributed by atoms with van der Waals surface area (Å²) in [5.41, 5.74) is 4.42. The maximum atomic E-state index is 11.7. The minimum atomic E-state index is -0.613. The van der Waals surface area contributed by atoms with Crippen LogP contribution in [0.4, 0.5) is 11.4 Å². The van der Waals surface area contributed by atoms with Crippen molar-refractivity contribution in [2.24, 2.45) is 0 Å². The second-order valence-electron chi connectivity index (χ2n) is 4.22. The number of hydrogen-bond donors (Lipinski definition) is 3. The fourth-order valence-electron chi connectivity index (χ4n) is 1.79. The molecule has 0 saturated carbocycles. The van der Waals surface area contributed by atoms with Crippen LogP contribution in [0.25, 0.3) is 0 Å². The molecular weight excluding hydrogens is 391 g/mol. The van der Waals surface area contributed by atoms with E-state index >= 15 is 0 Å². The van der Waals surface area contributed by atoms with Crippen molar-refractivity contribution in [3.63, 3.8) is 0 Å². The van der Waals surface area contributed by atoms with Gasteiger partial charge in [-0.05, 0) is 71.5 Å². The second kappa shape index (κ2) is 6.43. The largest absolute Gasteiger partial charge is 0.355 e. The van der Waals surface area contributed by atoms with Crippen LogP contribution in [0.15, 0.2) is 36.4 Å². The maximum absolute atomic E-state index is 11.7. The van der Waals surface area contributed by atoms with E-state index in [0.29, 0.717) is 10.7 Å². The van der Waals surface area contributed by atoms with Gasteiger partial charge in [-0.1, -0.05) is 11.6 Å². The topological polar surface area (TPSA) is 61.4 Å². The van der Waals surface area contributed by atoms with Gasteiger partial charge in [0.05, 0.1) is 11.3 Å². The third kappa shape index (κ3) is 3.41. The zero-order valence-corrected chi connectivity index (χ0v) is 13.5. The SMILES string of the molecule is Cc1cc(I)ccc1Nc1ccc(Cl)cc1C(=O)NO. The Balaban J connectivity index is 2.40. The number of nitrogens with one attached hydrogen (secondary N) is 2. The Morgan fingerprint density at radius 2 is 1.90 bits per heavy atom. The molecule has 0 spiro atoms. The molecule has 0 heterocycles. The van der Waals surface area contributed by atoms with Crippen molar-refractivity contribution >= 4 is 51.5 Å². The van der Waals surface area contributed by atoms with Crippen LogP contribution in [0, 0.1) is 10.5 Å². The van der Waals surface area contributed by atoms with E-state index in [-0.39, 0.29) is 5.56 Å². The summed E-state index contributed by atoms with van der Waals surface area (Å²) in [6, 6.07) is 10.8. The van der Waals surface area contributed by atoms with Crippen molar-refractivity contribution in [3.05, 3.63) is 56.1 Å². The van der Waals surface area contributed by atoms with Gasteiger partial charge in [0.15, 0.2) is 0 Å². The first kappa shape index (κ1) is 15.1. The lowest BCUT2D eigenvalue weighted by Gasteiger charge is -2.13. The van der Waals surface area contributed by atoms with Gasteiger partial charge in [0.25, 0.3) is 5.91 Å². The van der Waals surface area contributed by atoms with Crippen LogP contribution in [0.1, 0.15) is 15.9 Å². The number of amides is 1. The van der Waals surface area contributed by atoms with Gasteiger partial charge in [0, 0.05) is 14.3 Å². The highest BCUT2D eigenvalue weighted by molar-refractivity contribution is 14.1. The maximum Gasteiger partial charge on any atom is 0.276 e. The Kier molecular flexibility index (Phi) is 4.85. The highest BCUT2D eigenvalue weighted by Crippen LogP contribution is 2.27. The summed E-state index contributed by atoms with van der Waals surface area (Å²) in [6.45, 7) is 1.98. The molecule has 104 valence electrons. The molecule has 20 heavy (non-hydrogen) atoms. The van der Waals surface area contributed by atoms with Crippen molar-refractivity contribution in [1.29, 1.82) is 0 Å². The second-order valence-corrected chi connectivity index (χ2v) is 5.90. The van der Waals surface area contributed by atoms with Gasteiger partial charge in [0.2, 0.25) is 0 Å². The molecule has 2 rings (SSSR count). The lowest BCUT2D eigenvalue weighted by atomic mass is 10.1. The summed E-state index contributed by atoms with van der Waals surface area (Å²) in [4.78, 5) is 11.7. The molecule has 0 fully saturated rings. The van der Waals surface area contributed by atoms with E-state index in [4.69, 9.17) is 16.8 Å². The molecule has 0 unspecified atom stereocenters. The zero-order valence-electron chi connectivity index (χ0n) is 10.6. The number of hydroxylamine groups is 1. The number of anilines is 2. The number of benzene rings is 2. The van der Waals surface area contributed by atoms with Gasteiger partial charge in [0.1, 0.15) is 0 Å². The molecule has 2 aromatic rings. The first-order valence-electron chi connectivity index (χ1n) is 5.78. The van der Waals surface area contributed by atoms with Crippen LogP contribution < -0.4 is 10.8 Å². The van der Waals surface area contributed by atoms with E-state index in [0.717, 1.165) is 14.8 Å². The van der Waals surface area contributed by atoms with Crippen molar-refractivity contribution in [2.45, 2.75) is 6.92 Å². The molecule has 2 aromatic carbocycles. The first-order valence-corrected chi connectivity index (χ1v) is 7.24. The van der Waals surface area contributed by atoms with Crippen molar-refractivity contribution < 1.29 is 10.0 Å². The molecule has 0 atom stereocenters. The number of carbonyl (C=O) groups excluding carboxylic acids is 1. The first-order chi connectivity index (χ1) is 9.51. The predicted molar refractivity (Wildman–Crippen MR) is 87.9 cm³/mol. The van der Waals surface area contributed by atoms with Crippen LogP contribution >= 0.6 is 34.2 Å². The Labute approximate surface area is 135 Å². The summed E-state index contributed by atoms with van der Waals surface area (Å²) in [7, 11) is 0. The number of halogens is 2. The minimum absolute atomic E-state index is 0.276. The summed E-state index contributed by atoms with van der Waals surface area (Å²) in [5.74, 6) is -0.613. The molecule has 1 amide bonds. The smallest absolute Gasteiger partial charge is 0.276 e. The standard InChI is InChI=1S/C14H12ClIN2O2/c1-8-6-10(16)3-5-12(8)17-13-4-2-9(15)7-11(13)14(19)18-20/h2-7,17,20H,1H3,(H,18,19). The Bertz CT molecular complexity index is 662. The number of rotatable bonds is 3. The van der Waals surface area contributed by atoms with E-state index in [1.807, 2.05) is 25.1 Å². The molecule has 0 aliphatic heterocycles. The highest BCUT2D eigenvalue weighted by Gasteiger charge is 2.12. The summed E-state index contributed by atoms with van der Waals surface area (Å²) < 4.78 is 1.13. The number of carbonyl (C=O) groups is 1. The van der Waals surface area contributed by atoms with Crippen molar-refractivity contribution in [2.75, 3.05) is 5.32 Å². The van der Waals surface area contributed by atoms with Crippen LogP contribution in [0.5, 0.6) is 0 Å². The fraction of sp³-hybridized carbons (Fsp3) is 0.0714. The van der Waals surface area contributed by atoms with Crippen LogP contribution in [-0.4, -0.2) is 11.1 Å². The third-order valence-corrected chi connectivity index (χ3v) is 3.69. The van der Waals surface area contributed by atoms with Crippen LogP contribution in [0.3, 0.4) is 0 Å². The Morgan fingerprint density at radius 1 is 1.20 bits per heavy atom. The average Bonchev–Trinajstić information content (AvgIpc) is 2.42. The molecule has 0 saturated heterocycles. The minimum Gasteiger partial charge on any atom is -0.355 e. The van der Waals surface area contributed by atoms with E-state index in [9.17, 15) is 4.79 Å². The van der Waals surface area contributed by atoms with Gasteiger partial charge >= 0.3 is 0 Å². The molecule has 0 radical (unpaired) electrons. The predicted octanol–water partition coefficient (Wildman–Crippen LogP) is 4.12. The molecule has 3 N–H and O–H groups in total. The van der Waals surface area contributed by atoms with Gasteiger partial charge in [-0.2, -0.15) is 0 Å². The Morgan fingerprint density at radius 3 is 2.55 bits per heavy atom. The fourth-order valence-corrected chi connectivity index (χ4v) is 2.60. The lowest BCUT2D eigenvalue weighted by Crippen LogP contribution is -2.19. The van der Waals surface area contributed by atoms with Gasteiger partial charge in [-0.3, -0.25) is 10.0 Å². The van der Waals surface area contributed by atoms with E-state index < -0.39 is 5.91 Å². The molecule has 6 heteroatoms. The summed E-state index contributed by atoms with van der Waals surface area (Å²) in [5, 5.41) is 12.4. The lowest BCUT2D eigenvalue weighted by molar-refractivity contribution is 0.0707.